The van der Waals surface area contributed by atoms with Gasteiger partial charge in [-0.15, -0.1) is 5.10 Å². The first-order chi connectivity index (χ1) is 13.6. The Hall–Kier alpha value is -2.87. The molecule has 1 N–H and O–H groups in total. The van der Waals surface area contributed by atoms with Gasteiger partial charge >= 0.3 is 0 Å². The number of tetrazole rings is 1. The number of ether oxygens (including phenoxy) is 1. The highest BCUT2D eigenvalue weighted by Crippen LogP contribution is 2.25. The average Bonchev–Trinajstić information content (AvgIpc) is 3.17. The maximum absolute atomic E-state index is 12.5. The molecule has 1 atom stereocenters. The van der Waals surface area contributed by atoms with Crippen molar-refractivity contribution in [1.29, 1.82) is 0 Å². The maximum Gasteiger partial charge on any atom is 0.237 e. The molecule has 0 aliphatic carbocycles. The van der Waals surface area contributed by atoms with Crippen LogP contribution in [-0.4, -0.2) is 38.0 Å². The van der Waals surface area contributed by atoms with Gasteiger partial charge in [-0.2, -0.15) is 4.68 Å². The standard InChI is InChI=1S/C20H23N5O2S/c1-4-15-6-8-16(9-7-15)21-19(26)14(3)28-20-22-23-24-25(20)17-10-12-18(13-11-17)27-5-2/h6-14H,4-5H2,1-3H3,(H,21,26). The molecular formula is C20H23N5O2S. The van der Waals surface area contributed by atoms with Crippen LogP contribution in [0.15, 0.2) is 53.7 Å². The lowest BCUT2D eigenvalue weighted by atomic mass is 10.1. The number of hydrogen-bond donors (Lipinski definition) is 1. The van der Waals surface area contributed by atoms with Crippen LogP contribution in [0.4, 0.5) is 5.69 Å². The first kappa shape index (κ1) is 19.9. The van der Waals surface area contributed by atoms with E-state index < -0.39 is 0 Å². The number of benzene rings is 2. The van der Waals surface area contributed by atoms with Gasteiger partial charge in [-0.3, -0.25) is 4.79 Å². The lowest BCUT2D eigenvalue weighted by Crippen LogP contribution is -2.22. The SMILES string of the molecule is CCOc1ccc(-n2nnnc2SC(C)C(=O)Nc2ccc(CC)cc2)cc1. The lowest BCUT2D eigenvalue weighted by molar-refractivity contribution is -0.115. The molecule has 3 aromatic rings. The molecule has 0 bridgehead atoms. The Balaban J connectivity index is 1.66. The molecule has 8 heteroatoms. The average molecular weight is 398 g/mol. The van der Waals surface area contributed by atoms with Gasteiger partial charge in [0.05, 0.1) is 17.5 Å². The Bertz CT molecular complexity index is 909. The molecule has 2 aromatic carbocycles. The Labute approximate surface area is 168 Å². The van der Waals surface area contributed by atoms with Crippen molar-refractivity contribution in [3.63, 3.8) is 0 Å². The minimum absolute atomic E-state index is 0.101. The molecule has 0 aliphatic rings. The summed E-state index contributed by atoms with van der Waals surface area (Å²) < 4.78 is 7.07. The molecule has 0 fully saturated rings. The molecule has 3 rings (SSSR count). The van der Waals surface area contributed by atoms with Crippen LogP contribution in [0.5, 0.6) is 5.75 Å². The largest absolute Gasteiger partial charge is 0.494 e. The number of hydrogen-bond acceptors (Lipinski definition) is 6. The second-order valence-corrected chi connectivity index (χ2v) is 7.41. The third-order valence-corrected chi connectivity index (χ3v) is 5.15. The summed E-state index contributed by atoms with van der Waals surface area (Å²) in [5.74, 6) is 0.686. The molecule has 1 heterocycles. The summed E-state index contributed by atoms with van der Waals surface area (Å²) in [6, 6.07) is 15.4. The van der Waals surface area contributed by atoms with E-state index in [1.54, 1.807) is 4.68 Å². The first-order valence-electron chi connectivity index (χ1n) is 9.18. The van der Waals surface area contributed by atoms with Crippen molar-refractivity contribution in [3.05, 3.63) is 54.1 Å². The van der Waals surface area contributed by atoms with Crippen LogP contribution in [0.25, 0.3) is 5.69 Å². The summed E-state index contributed by atoms with van der Waals surface area (Å²) >= 11 is 1.30. The zero-order chi connectivity index (χ0) is 19.9. The second-order valence-electron chi connectivity index (χ2n) is 6.10. The topological polar surface area (TPSA) is 81.9 Å². The van der Waals surface area contributed by atoms with Gasteiger partial charge in [0.25, 0.3) is 0 Å². The summed E-state index contributed by atoms with van der Waals surface area (Å²) in [7, 11) is 0. The second kappa shape index (κ2) is 9.36. The summed E-state index contributed by atoms with van der Waals surface area (Å²) in [6.45, 7) is 6.48. The van der Waals surface area contributed by atoms with Gasteiger partial charge in [0.1, 0.15) is 5.75 Å². The van der Waals surface area contributed by atoms with Gasteiger partial charge in [0.2, 0.25) is 11.1 Å². The molecule has 0 spiro atoms. The number of thioether (sulfide) groups is 1. The van der Waals surface area contributed by atoms with Crippen LogP contribution >= 0.6 is 11.8 Å². The first-order valence-corrected chi connectivity index (χ1v) is 10.1. The quantitative estimate of drug-likeness (QED) is 0.583. The van der Waals surface area contributed by atoms with Gasteiger partial charge in [-0.1, -0.05) is 30.8 Å². The van der Waals surface area contributed by atoms with E-state index in [-0.39, 0.29) is 11.2 Å². The van der Waals surface area contributed by atoms with Crippen molar-refractivity contribution in [3.8, 4) is 11.4 Å². The van der Waals surface area contributed by atoms with Gasteiger partial charge in [0, 0.05) is 5.69 Å². The van der Waals surface area contributed by atoms with Crippen LogP contribution < -0.4 is 10.1 Å². The fourth-order valence-electron chi connectivity index (χ4n) is 2.54. The molecule has 0 saturated carbocycles. The Morgan fingerprint density at radius 2 is 1.86 bits per heavy atom. The molecule has 1 amide bonds. The van der Waals surface area contributed by atoms with E-state index in [0.717, 1.165) is 23.5 Å². The Morgan fingerprint density at radius 1 is 1.14 bits per heavy atom. The summed E-state index contributed by atoms with van der Waals surface area (Å²) in [5, 5.41) is 15.0. The number of carbonyl (C=O) groups excluding carboxylic acids is 1. The third-order valence-electron chi connectivity index (χ3n) is 4.11. The van der Waals surface area contributed by atoms with E-state index in [1.807, 2.05) is 62.4 Å². The monoisotopic (exact) mass is 397 g/mol. The van der Waals surface area contributed by atoms with Crippen molar-refractivity contribution < 1.29 is 9.53 Å². The molecular weight excluding hydrogens is 374 g/mol. The highest BCUT2D eigenvalue weighted by Gasteiger charge is 2.19. The highest BCUT2D eigenvalue weighted by molar-refractivity contribution is 8.00. The van der Waals surface area contributed by atoms with E-state index in [9.17, 15) is 4.79 Å². The molecule has 0 radical (unpaired) electrons. The minimum atomic E-state index is -0.363. The molecule has 0 saturated heterocycles. The molecule has 7 nitrogen and oxygen atoms in total. The number of carbonyl (C=O) groups is 1. The number of aromatic nitrogens is 4. The van der Waals surface area contributed by atoms with E-state index >= 15 is 0 Å². The summed E-state index contributed by atoms with van der Waals surface area (Å²) in [5.41, 5.74) is 2.81. The Kier molecular flexibility index (Phi) is 6.65. The maximum atomic E-state index is 12.5. The fourth-order valence-corrected chi connectivity index (χ4v) is 3.35. The summed E-state index contributed by atoms with van der Waals surface area (Å²) in [6.07, 6.45) is 0.967. The predicted molar refractivity (Wildman–Crippen MR) is 110 cm³/mol. The lowest BCUT2D eigenvalue weighted by Gasteiger charge is -2.12. The number of aryl methyl sites for hydroxylation is 1. The van der Waals surface area contributed by atoms with Gasteiger partial charge in [-0.25, -0.2) is 0 Å². The van der Waals surface area contributed by atoms with Crippen LogP contribution in [0.3, 0.4) is 0 Å². The van der Waals surface area contributed by atoms with Crippen molar-refractivity contribution in [2.45, 2.75) is 37.6 Å². The van der Waals surface area contributed by atoms with Gasteiger partial charge in [0.15, 0.2) is 0 Å². The minimum Gasteiger partial charge on any atom is -0.494 e. The third kappa shape index (κ3) is 4.89. The van der Waals surface area contributed by atoms with E-state index in [0.29, 0.717) is 11.8 Å². The number of nitrogens with one attached hydrogen (secondary N) is 1. The van der Waals surface area contributed by atoms with E-state index in [4.69, 9.17) is 4.74 Å². The molecule has 1 aromatic heterocycles. The number of anilines is 1. The highest BCUT2D eigenvalue weighted by atomic mass is 32.2. The number of nitrogens with zero attached hydrogens (tertiary/aromatic N) is 4. The van der Waals surface area contributed by atoms with Gasteiger partial charge in [-0.05, 0) is 72.7 Å². The fraction of sp³-hybridized carbons (Fsp3) is 0.300. The van der Waals surface area contributed by atoms with Gasteiger partial charge < -0.3 is 10.1 Å². The zero-order valence-corrected chi connectivity index (χ0v) is 16.9. The smallest absolute Gasteiger partial charge is 0.237 e. The Morgan fingerprint density at radius 3 is 2.50 bits per heavy atom. The normalized spacial score (nSPS) is 11.8. The molecule has 1 unspecified atom stereocenters. The van der Waals surface area contributed by atoms with Crippen LogP contribution in [-0.2, 0) is 11.2 Å². The van der Waals surface area contributed by atoms with Crippen molar-refractivity contribution >= 4 is 23.4 Å². The number of rotatable bonds is 8. The van der Waals surface area contributed by atoms with Crippen LogP contribution in [0.2, 0.25) is 0 Å². The molecule has 146 valence electrons. The number of amides is 1. The van der Waals surface area contributed by atoms with Crippen molar-refractivity contribution in [1.82, 2.24) is 20.2 Å². The zero-order valence-electron chi connectivity index (χ0n) is 16.1. The van der Waals surface area contributed by atoms with Crippen LogP contribution in [0, 0.1) is 0 Å². The van der Waals surface area contributed by atoms with E-state index in [2.05, 4.69) is 27.8 Å². The molecule has 0 aliphatic heterocycles. The summed E-state index contributed by atoms with van der Waals surface area (Å²) in [4.78, 5) is 12.5. The van der Waals surface area contributed by atoms with Crippen LogP contribution in [0.1, 0.15) is 26.3 Å². The van der Waals surface area contributed by atoms with Crippen molar-refractivity contribution in [2.24, 2.45) is 0 Å². The van der Waals surface area contributed by atoms with Crippen molar-refractivity contribution in [2.75, 3.05) is 11.9 Å². The molecule has 28 heavy (non-hydrogen) atoms. The predicted octanol–water partition coefficient (Wildman–Crippen LogP) is 3.74. The van der Waals surface area contributed by atoms with E-state index in [1.165, 1.54) is 17.3 Å².